The number of likely N-dealkylation sites (N-methyl/N-ethyl adjacent to an activating group) is 2. The van der Waals surface area contributed by atoms with Gasteiger partial charge in [-0.1, -0.05) is 0 Å². The van der Waals surface area contributed by atoms with E-state index in [1.54, 1.807) is 6.07 Å². The standard InChI is InChI=1S/C13H20N2O4/c1-14-3-5-18-11-7-10(13(16)17)8-12(9-11)19-6-4-15-2/h7-9,14-15H,3-6H2,1-2H3,(H,16,17). The molecule has 6 heteroatoms. The van der Waals surface area contributed by atoms with Crippen LogP contribution in [-0.4, -0.2) is 51.5 Å². The fraction of sp³-hybridized carbons (Fsp3) is 0.462. The first kappa shape index (κ1) is 15.3. The minimum atomic E-state index is -1.00. The van der Waals surface area contributed by atoms with Crippen LogP contribution in [0.5, 0.6) is 11.5 Å². The number of carbonyl (C=O) groups is 1. The maximum atomic E-state index is 11.0. The lowest BCUT2D eigenvalue weighted by Crippen LogP contribution is -2.17. The number of aromatic carboxylic acids is 1. The van der Waals surface area contributed by atoms with Crippen LogP contribution in [0.15, 0.2) is 18.2 Å². The van der Waals surface area contributed by atoms with Crippen molar-refractivity contribution < 1.29 is 19.4 Å². The number of carboxylic acid groups (broad SMARTS) is 1. The molecule has 0 aromatic heterocycles. The third-order valence-corrected chi connectivity index (χ3v) is 2.37. The molecular formula is C13H20N2O4. The molecule has 0 spiro atoms. The van der Waals surface area contributed by atoms with Gasteiger partial charge in [0.2, 0.25) is 0 Å². The van der Waals surface area contributed by atoms with Crippen LogP contribution in [0.2, 0.25) is 0 Å². The lowest BCUT2D eigenvalue weighted by molar-refractivity contribution is 0.0695. The smallest absolute Gasteiger partial charge is 0.335 e. The average molecular weight is 268 g/mol. The Bertz CT molecular complexity index is 381. The SMILES string of the molecule is CNCCOc1cc(OCCNC)cc(C(=O)O)c1. The van der Waals surface area contributed by atoms with Gasteiger partial charge in [0.1, 0.15) is 24.7 Å². The number of hydrogen-bond acceptors (Lipinski definition) is 5. The van der Waals surface area contributed by atoms with Crippen LogP contribution in [0, 0.1) is 0 Å². The van der Waals surface area contributed by atoms with Crippen molar-refractivity contribution in [2.45, 2.75) is 0 Å². The van der Waals surface area contributed by atoms with Crippen LogP contribution in [0.25, 0.3) is 0 Å². The van der Waals surface area contributed by atoms with Crippen molar-refractivity contribution in [2.24, 2.45) is 0 Å². The van der Waals surface area contributed by atoms with Crippen molar-refractivity contribution in [3.63, 3.8) is 0 Å². The summed E-state index contributed by atoms with van der Waals surface area (Å²) in [5, 5.41) is 14.9. The monoisotopic (exact) mass is 268 g/mol. The quantitative estimate of drug-likeness (QED) is 0.569. The summed E-state index contributed by atoms with van der Waals surface area (Å²) in [6.45, 7) is 2.31. The summed E-state index contributed by atoms with van der Waals surface area (Å²) in [5.74, 6) is -0.0123. The molecule has 1 aromatic carbocycles. The van der Waals surface area contributed by atoms with E-state index in [0.29, 0.717) is 37.8 Å². The van der Waals surface area contributed by atoms with Gasteiger partial charge in [-0.05, 0) is 26.2 Å². The molecule has 106 valence electrons. The topological polar surface area (TPSA) is 79.8 Å². The Morgan fingerprint density at radius 1 is 1.05 bits per heavy atom. The Morgan fingerprint density at radius 2 is 1.53 bits per heavy atom. The second-order valence-electron chi connectivity index (χ2n) is 3.90. The predicted molar refractivity (Wildman–Crippen MR) is 72.2 cm³/mol. The van der Waals surface area contributed by atoms with Crippen LogP contribution in [0.4, 0.5) is 0 Å². The van der Waals surface area contributed by atoms with Gasteiger partial charge in [-0.3, -0.25) is 0 Å². The number of hydrogen-bond donors (Lipinski definition) is 3. The van der Waals surface area contributed by atoms with Crippen LogP contribution < -0.4 is 20.1 Å². The molecule has 0 bridgehead atoms. The predicted octanol–water partition coefficient (Wildman–Crippen LogP) is 0.581. The molecule has 0 radical (unpaired) electrons. The molecule has 1 rings (SSSR count). The molecule has 0 unspecified atom stereocenters. The molecule has 19 heavy (non-hydrogen) atoms. The molecule has 0 aliphatic heterocycles. The zero-order valence-electron chi connectivity index (χ0n) is 11.2. The first-order valence-electron chi connectivity index (χ1n) is 6.10. The van der Waals surface area contributed by atoms with Crippen molar-refractivity contribution in [1.29, 1.82) is 0 Å². The molecular weight excluding hydrogens is 248 g/mol. The molecule has 6 nitrogen and oxygen atoms in total. The Morgan fingerprint density at radius 3 is 1.89 bits per heavy atom. The molecule has 0 aliphatic carbocycles. The third kappa shape index (κ3) is 5.58. The largest absolute Gasteiger partial charge is 0.492 e. The number of carboxylic acids is 1. The Labute approximate surface area is 112 Å². The summed E-state index contributed by atoms with van der Waals surface area (Å²) >= 11 is 0. The van der Waals surface area contributed by atoms with E-state index in [4.69, 9.17) is 14.6 Å². The van der Waals surface area contributed by atoms with Gasteiger partial charge < -0.3 is 25.2 Å². The highest BCUT2D eigenvalue weighted by Crippen LogP contribution is 2.23. The zero-order chi connectivity index (χ0) is 14.1. The highest BCUT2D eigenvalue weighted by Gasteiger charge is 2.08. The minimum absolute atomic E-state index is 0.154. The Kier molecular flexibility index (Phi) is 6.70. The van der Waals surface area contributed by atoms with E-state index in [0.717, 1.165) is 0 Å². The normalized spacial score (nSPS) is 10.2. The summed E-state index contributed by atoms with van der Waals surface area (Å²) in [6, 6.07) is 4.67. The van der Waals surface area contributed by atoms with Crippen LogP contribution >= 0.6 is 0 Å². The number of benzene rings is 1. The maximum Gasteiger partial charge on any atom is 0.335 e. The van der Waals surface area contributed by atoms with E-state index in [1.165, 1.54) is 12.1 Å². The lowest BCUT2D eigenvalue weighted by Gasteiger charge is -2.11. The van der Waals surface area contributed by atoms with Gasteiger partial charge in [0.15, 0.2) is 0 Å². The van der Waals surface area contributed by atoms with Crippen molar-refractivity contribution in [1.82, 2.24) is 10.6 Å². The fourth-order valence-corrected chi connectivity index (χ4v) is 1.40. The lowest BCUT2D eigenvalue weighted by atomic mass is 10.2. The number of rotatable bonds is 9. The Balaban J connectivity index is 2.75. The second-order valence-corrected chi connectivity index (χ2v) is 3.90. The van der Waals surface area contributed by atoms with Gasteiger partial charge in [0, 0.05) is 19.2 Å². The van der Waals surface area contributed by atoms with Gasteiger partial charge in [-0.2, -0.15) is 0 Å². The first-order valence-corrected chi connectivity index (χ1v) is 6.10. The average Bonchev–Trinajstić information content (AvgIpc) is 2.39. The van der Waals surface area contributed by atoms with Gasteiger partial charge in [-0.15, -0.1) is 0 Å². The van der Waals surface area contributed by atoms with E-state index in [-0.39, 0.29) is 5.56 Å². The molecule has 0 amide bonds. The zero-order valence-corrected chi connectivity index (χ0v) is 11.2. The van der Waals surface area contributed by atoms with E-state index >= 15 is 0 Å². The van der Waals surface area contributed by atoms with Gasteiger partial charge >= 0.3 is 5.97 Å². The van der Waals surface area contributed by atoms with Crippen LogP contribution in [0.3, 0.4) is 0 Å². The second kappa shape index (κ2) is 8.34. The van der Waals surface area contributed by atoms with Crippen molar-refractivity contribution >= 4 is 5.97 Å². The molecule has 0 saturated heterocycles. The Hall–Kier alpha value is -1.79. The summed E-state index contributed by atoms with van der Waals surface area (Å²) in [4.78, 5) is 11.0. The molecule has 0 fully saturated rings. The van der Waals surface area contributed by atoms with Gasteiger partial charge in [0.25, 0.3) is 0 Å². The first-order chi connectivity index (χ1) is 9.17. The molecule has 0 aliphatic rings. The molecule has 3 N–H and O–H groups in total. The number of ether oxygens (including phenoxy) is 2. The van der Waals surface area contributed by atoms with E-state index in [2.05, 4.69) is 10.6 Å². The van der Waals surface area contributed by atoms with Crippen LogP contribution in [0.1, 0.15) is 10.4 Å². The van der Waals surface area contributed by atoms with Crippen molar-refractivity contribution in [2.75, 3.05) is 40.4 Å². The molecule has 0 saturated carbocycles. The van der Waals surface area contributed by atoms with E-state index in [1.807, 2.05) is 14.1 Å². The molecule has 0 heterocycles. The summed E-state index contributed by atoms with van der Waals surface area (Å²) in [5.41, 5.74) is 0.154. The summed E-state index contributed by atoms with van der Waals surface area (Å²) < 4.78 is 10.9. The fourth-order valence-electron chi connectivity index (χ4n) is 1.40. The van der Waals surface area contributed by atoms with Gasteiger partial charge in [-0.25, -0.2) is 4.79 Å². The highest BCUT2D eigenvalue weighted by atomic mass is 16.5. The highest BCUT2D eigenvalue weighted by molar-refractivity contribution is 5.88. The molecule has 0 atom stereocenters. The van der Waals surface area contributed by atoms with Crippen molar-refractivity contribution in [3.05, 3.63) is 23.8 Å². The van der Waals surface area contributed by atoms with E-state index < -0.39 is 5.97 Å². The van der Waals surface area contributed by atoms with Gasteiger partial charge in [0.05, 0.1) is 5.56 Å². The molecule has 1 aromatic rings. The summed E-state index contributed by atoms with van der Waals surface area (Å²) in [6.07, 6.45) is 0. The number of nitrogens with one attached hydrogen (secondary N) is 2. The maximum absolute atomic E-state index is 11.0. The minimum Gasteiger partial charge on any atom is -0.492 e. The van der Waals surface area contributed by atoms with Crippen LogP contribution in [-0.2, 0) is 0 Å². The van der Waals surface area contributed by atoms with E-state index in [9.17, 15) is 4.79 Å². The summed E-state index contributed by atoms with van der Waals surface area (Å²) in [7, 11) is 3.65. The third-order valence-electron chi connectivity index (χ3n) is 2.37. The van der Waals surface area contributed by atoms with Crippen molar-refractivity contribution in [3.8, 4) is 11.5 Å².